The molecule has 130 valence electrons. The van der Waals surface area contributed by atoms with Gasteiger partial charge >= 0.3 is 5.97 Å². The van der Waals surface area contributed by atoms with Crippen molar-refractivity contribution in [1.29, 1.82) is 0 Å². The summed E-state index contributed by atoms with van der Waals surface area (Å²) in [6, 6.07) is 8.33. The number of piperidine rings is 1. The van der Waals surface area contributed by atoms with E-state index in [2.05, 4.69) is 17.9 Å². The van der Waals surface area contributed by atoms with Gasteiger partial charge in [0.25, 0.3) is 0 Å². The Bertz CT molecular complexity index is 1010. The van der Waals surface area contributed by atoms with E-state index in [9.17, 15) is 4.79 Å². The van der Waals surface area contributed by atoms with Crippen LogP contribution in [0.4, 0.5) is 0 Å². The van der Waals surface area contributed by atoms with Crippen LogP contribution in [0.1, 0.15) is 47.6 Å². The van der Waals surface area contributed by atoms with Crippen molar-refractivity contribution < 1.29 is 13.6 Å². The fourth-order valence-corrected chi connectivity index (χ4v) is 5.48. The van der Waals surface area contributed by atoms with E-state index in [1.165, 1.54) is 5.56 Å². The second-order valence-electron chi connectivity index (χ2n) is 7.51. The van der Waals surface area contributed by atoms with Crippen LogP contribution in [0.3, 0.4) is 0 Å². The zero-order valence-electron chi connectivity index (χ0n) is 17.4. The minimum Gasteiger partial charge on any atom is -0.464 e. The SMILES string of the molecule is [2H]C([2H])([2H])OC(=O)C1=C[C@]2(CC)CCCN3CCc4c(n1c1ccccc41)[C@@H]32. The highest BCUT2D eigenvalue weighted by Gasteiger charge is 2.51. The molecule has 3 aliphatic rings. The number of fused-ring (bicyclic) bond motifs is 3. The van der Waals surface area contributed by atoms with E-state index in [4.69, 9.17) is 8.85 Å². The second-order valence-corrected chi connectivity index (χ2v) is 7.51. The molecule has 3 aliphatic heterocycles. The van der Waals surface area contributed by atoms with Crippen LogP contribution in [0.15, 0.2) is 30.3 Å². The molecule has 25 heavy (non-hydrogen) atoms. The van der Waals surface area contributed by atoms with Crippen LogP contribution in [0.5, 0.6) is 0 Å². The molecule has 0 saturated carbocycles. The molecule has 1 aromatic carbocycles. The van der Waals surface area contributed by atoms with Crippen molar-refractivity contribution in [3.05, 3.63) is 41.6 Å². The van der Waals surface area contributed by atoms with Gasteiger partial charge in [0.05, 0.1) is 22.7 Å². The average Bonchev–Trinajstić information content (AvgIpc) is 3.00. The monoisotopic (exact) mass is 339 g/mol. The topological polar surface area (TPSA) is 34.5 Å². The summed E-state index contributed by atoms with van der Waals surface area (Å²) >= 11 is 0. The van der Waals surface area contributed by atoms with E-state index in [1.807, 2.05) is 28.8 Å². The molecule has 4 heterocycles. The minimum atomic E-state index is -2.75. The van der Waals surface area contributed by atoms with Crippen molar-refractivity contribution in [3.63, 3.8) is 0 Å². The first-order valence-electron chi connectivity index (χ1n) is 10.7. The Morgan fingerprint density at radius 1 is 1.40 bits per heavy atom. The maximum absolute atomic E-state index is 13.0. The van der Waals surface area contributed by atoms with Crippen molar-refractivity contribution in [2.45, 2.75) is 38.6 Å². The lowest BCUT2D eigenvalue weighted by Gasteiger charge is -2.53. The van der Waals surface area contributed by atoms with Crippen molar-refractivity contribution in [3.8, 4) is 0 Å². The van der Waals surface area contributed by atoms with E-state index in [0.717, 1.165) is 55.4 Å². The molecule has 0 radical (unpaired) electrons. The van der Waals surface area contributed by atoms with Gasteiger partial charge in [-0.3, -0.25) is 4.90 Å². The molecule has 0 bridgehead atoms. The minimum absolute atomic E-state index is 0.166. The quantitative estimate of drug-likeness (QED) is 0.782. The highest BCUT2D eigenvalue weighted by Crippen LogP contribution is 2.56. The van der Waals surface area contributed by atoms with Gasteiger partial charge in [0.2, 0.25) is 0 Å². The summed E-state index contributed by atoms with van der Waals surface area (Å²) in [7, 11) is -2.75. The third-order valence-electron chi connectivity index (χ3n) is 6.55. The van der Waals surface area contributed by atoms with Crippen LogP contribution in [0.2, 0.25) is 0 Å². The normalized spacial score (nSPS) is 30.0. The van der Waals surface area contributed by atoms with Gasteiger partial charge in [0.15, 0.2) is 0 Å². The van der Waals surface area contributed by atoms with Crippen molar-refractivity contribution in [2.75, 3.05) is 20.1 Å². The Morgan fingerprint density at radius 3 is 3.12 bits per heavy atom. The predicted octanol–water partition coefficient (Wildman–Crippen LogP) is 3.76. The molecule has 1 fully saturated rings. The summed E-state index contributed by atoms with van der Waals surface area (Å²) in [6.07, 6.45) is 5.95. The molecule has 0 spiro atoms. The van der Waals surface area contributed by atoms with Crippen LogP contribution < -0.4 is 0 Å². The first kappa shape index (κ1) is 12.3. The van der Waals surface area contributed by atoms with E-state index >= 15 is 0 Å². The molecule has 2 aromatic rings. The molecule has 2 atom stereocenters. The smallest absolute Gasteiger partial charge is 0.354 e. The molecule has 4 nitrogen and oxygen atoms in total. The van der Waals surface area contributed by atoms with E-state index in [-0.39, 0.29) is 11.5 Å². The number of rotatable bonds is 2. The largest absolute Gasteiger partial charge is 0.464 e. The highest BCUT2D eigenvalue weighted by atomic mass is 16.5. The Hall–Kier alpha value is -2.07. The first-order chi connectivity index (χ1) is 13.3. The lowest BCUT2D eigenvalue weighted by molar-refractivity contribution is -0.134. The maximum Gasteiger partial charge on any atom is 0.354 e. The van der Waals surface area contributed by atoms with Crippen LogP contribution in [-0.4, -0.2) is 35.6 Å². The van der Waals surface area contributed by atoms with Crippen LogP contribution >= 0.6 is 0 Å². The van der Waals surface area contributed by atoms with Gasteiger partial charge in [-0.2, -0.15) is 0 Å². The predicted molar refractivity (Wildman–Crippen MR) is 98.2 cm³/mol. The summed E-state index contributed by atoms with van der Waals surface area (Å²) < 4.78 is 29.0. The molecule has 0 unspecified atom stereocenters. The fourth-order valence-electron chi connectivity index (χ4n) is 5.48. The third-order valence-corrected chi connectivity index (χ3v) is 6.55. The van der Waals surface area contributed by atoms with Gasteiger partial charge in [-0.05, 0) is 49.9 Å². The molecule has 1 saturated heterocycles. The Balaban J connectivity index is 1.80. The van der Waals surface area contributed by atoms with E-state index in [0.29, 0.717) is 5.70 Å². The van der Waals surface area contributed by atoms with Crippen molar-refractivity contribution in [2.24, 2.45) is 5.41 Å². The Labute approximate surface area is 152 Å². The zero-order valence-corrected chi connectivity index (χ0v) is 14.4. The molecule has 0 N–H and O–H groups in total. The molecule has 0 aliphatic carbocycles. The number of carbonyl (C=O) groups is 1. The number of benzene rings is 1. The summed E-state index contributed by atoms with van der Waals surface area (Å²) in [6.45, 7) is 4.26. The molecule has 1 aromatic heterocycles. The second kappa shape index (κ2) is 5.21. The number of para-hydroxylation sites is 1. The molecule has 4 heteroatoms. The third kappa shape index (κ3) is 1.83. The summed E-state index contributed by atoms with van der Waals surface area (Å²) in [4.78, 5) is 15.5. The number of hydrogen-bond donors (Lipinski definition) is 0. The Morgan fingerprint density at radius 2 is 2.28 bits per heavy atom. The van der Waals surface area contributed by atoms with Gasteiger partial charge < -0.3 is 9.30 Å². The molecular weight excluding hydrogens is 312 g/mol. The number of carbonyl (C=O) groups excluding carboxylic acids is 1. The standard InChI is InChI=1S/C21H24N2O2/c1-3-21-10-6-11-22-12-9-15-14-7-4-5-8-16(14)23(18(15)19(21)22)17(13-21)20(24)25-2/h4-5,7-8,13,19H,3,6,9-12H2,1-2H3/t19-,21+/m1/s1/i2D3. The number of hydrogen-bond acceptors (Lipinski definition) is 3. The number of ether oxygens (including phenoxy) is 1. The zero-order chi connectivity index (χ0) is 19.7. The fraction of sp³-hybridized carbons (Fsp3) is 0.476. The number of methoxy groups -OCH3 is 1. The van der Waals surface area contributed by atoms with Crippen LogP contribution in [0.25, 0.3) is 16.6 Å². The lowest BCUT2D eigenvalue weighted by Crippen LogP contribution is -2.51. The van der Waals surface area contributed by atoms with Crippen LogP contribution in [0, 0.1) is 5.41 Å². The van der Waals surface area contributed by atoms with E-state index in [1.54, 1.807) is 0 Å². The van der Waals surface area contributed by atoms with Crippen LogP contribution in [-0.2, 0) is 16.0 Å². The van der Waals surface area contributed by atoms with Gasteiger partial charge in [0.1, 0.15) is 5.70 Å². The van der Waals surface area contributed by atoms with E-state index < -0.39 is 13.0 Å². The van der Waals surface area contributed by atoms with Gasteiger partial charge in [0, 0.05) is 23.0 Å². The summed E-state index contributed by atoms with van der Waals surface area (Å²) in [5.74, 6) is -0.766. The maximum atomic E-state index is 13.0. The van der Waals surface area contributed by atoms with Gasteiger partial charge in [-0.1, -0.05) is 25.1 Å². The average molecular weight is 339 g/mol. The number of nitrogens with zero attached hydrogens (tertiary/aromatic N) is 2. The first-order valence-corrected chi connectivity index (χ1v) is 9.17. The molecule has 0 amide bonds. The number of aromatic nitrogens is 1. The van der Waals surface area contributed by atoms with Gasteiger partial charge in [-0.15, -0.1) is 0 Å². The molecular formula is C21H24N2O2. The summed E-state index contributed by atoms with van der Waals surface area (Å²) in [5, 5.41) is 1.15. The van der Waals surface area contributed by atoms with Crippen molar-refractivity contribution >= 4 is 22.6 Å². The number of esters is 1. The molecule has 5 rings (SSSR count). The lowest BCUT2D eigenvalue weighted by atomic mass is 9.66. The summed E-state index contributed by atoms with van der Waals surface area (Å²) in [5.41, 5.74) is 3.60. The van der Waals surface area contributed by atoms with Crippen molar-refractivity contribution in [1.82, 2.24) is 9.47 Å². The van der Waals surface area contributed by atoms with Gasteiger partial charge in [-0.25, -0.2) is 4.79 Å². The Kier molecular flexibility index (Phi) is 2.57. The highest BCUT2D eigenvalue weighted by molar-refractivity contribution is 6.13.